The molecule has 1 unspecified atom stereocenters. The van der Waals surface area contributed by atoms with Gasteiger partial charge in [-0.3, -0.25) is 9.69 Å². The van der Waals surface area contributed by atoms with Crippen molar-refractivity contribution < 1.29 is 4.79 Å². The Kier molecular flexibility index (Phi) is 4.03. The molecule has 2 aliphatic heterocycles. The zero-order valence-electron chi connectivity index (χ0n) is 12.1. The summed E-state index contributed by atoms with van der Waals surface area (Å²) in [7, 11) is 0. The molecule has 2 N–H and O–H groups in total. The molecule has 1 atom stereocenters. The van der Waals surface area contributed by atoms with Crippen LogP contribution in [-0.4, -0.2) is 37.0 Å². The van der Waals surface area contributed by atoms with Crippen LogP contribution >= 0.6 is 0 Å². The lowest BCUT2D eigenvalue weighted by Crippen LogP contribution is -2.45. The summed E-state index contributed by atoms with van der Waals surface area (Å²) < 4.78 is 0. The minimum absolute atomic E-state index is 0.138. The highest BCUT2D eigenvalue weighted by atomic mass is 16.1. The number of hydrogen-bond acceptors (Lipinski definition) is 3. The summed E-state index contributed by atoms with van der Waals surface area (Å²) in [6, 6.07) is 7.05. The number of piperazine rings is 1. The van der Waals surface area contributed by atoms with E-state index in [-0.39, 0.29) is 5.91 Å². The smallest absolute Gasteiger partial charge is 0.224 e. The lowest BCUT2D eigenvalue weighted by atomic mass is 9.95. The Morgan fingerprint density at radius 2 is 2.05 bits per heavy atom. The van der Waals surface area contributed by atoms with Crippen molar-refractivity contribution in [3.63, 3.8) is 0 Å². The van der Waals surface area contributed by atoms with Crippen molar-refractivity contribution in [3.05, 3.63) is 29.3 Å². The van der Waals surface area contributed by atoms with Crippen LogP contribution in [0.2, 0.25) is 0 Å². The number of hydrogen-bond donors (Lipinski definition) is 2. The molecule has 0 saturated carbocycles. The molecule has 3 rings (SSSR count). The first-order valence-electron chi connectivity index (χ1n) is 7.65. The van der Waals surface area contributed by atoms with Gasteiger partial charge in [-0.05, 0) is 30.0 Å². The van der Waals surface area contributed by atoms with Crippen LogP contribution in [0.4, 0.5) is 5.69 Å². The summed E-state index contributed by atoms with van der Waals surface area (Å²) in [4.78, 5) is 14.0. The molecule has 1 fully saturated rings. The highest BCUT2D eigenvalue weighted by Crippen LogP contribution is 2.30. The van der Waals surface area contributed by atoms with Crippen molar-refractivity contribution in [2.75, 3.05) is 31.5 Å². The van der Waals surface area contributed by atoms with E-state index >= 15 is 0 Å². The number of anilines is 1. The Morgan fingerprint density at radius 3 is 2.80 bits per heavy atom. The first-order valence-corrected chi connectivity index (χ1v) is 7.65. The Balaban J connectivity index is 1.83. The minimum Gasteiger partial charge on any atom is -0.326 e. The van der Waals surface area contributed by atoms with Crippen LogP contribution in [-0.2, 0) is 11.2 Å². The average Bonchev–Trinajstić information content (AvgIpc) is 2.49. The summed E-state index contributed by atoms with van der Waals surface area (Å²) in [6.07, 6.45) is 2.61. The maximum absolute atomic E-state index is 11.4. The fourth-order valence-electron chi connectivity index (χ4n) is 3.31. The second-order valence-electron chi connectivity index (χ2n) is 5.67. The number of amides is 1. The van der Waals surface area contributed by atoms with E-state index in [1.807, 2.05) is 0 Å². The molecule has 0 aliphatic carbocycles. The molecule has 108 valence electrons. The van der Waals surface area contributed by atoms with Gasteiger partial charge in [0.2, 0.25) is 5.91 Å². The number of benzene rings is 1. The van der Waals surface area contributed by atoms with Gasteiger partial charge in [0, 0.05) is 44.3 Å². The summed E-state index contributed by atoms with van der Waals surface area (Å²) in [5, 5.41) is 6.37. The lowest BCUT2D eigenvalue weighted by Gasteiger charge is -2.35. The number of nitrogens with zero attached hydrogens (tertiary/aromatic N) is 1. The van der Waals surface area contributed by atoms with Gasteiger partial charge in [-0.25, -0.2) is 0 Å². The molecular formula is C16H23N3O. The number of fused-ring (bicyclic) bond motifs is 1. The van der Waals surface area contributed by atoms with Crippen LogP contribution in [0.5, 0.6) is 0 Å². The van der Waals surface area contributed by atoms with Gasteiger partial charge in [-0.15, -0.1) is 0 Å². The van der Waals surface area contributed by atoms with Crippen molar-refractivity contribution in [1.82, 2.24) is 10.2 Å². The standard InChI is InChI=1S/C16H23N3O/c1-2-15(19-9-7-17-8-10-19)13-3-5-14-12(11-13)4-6-16(20)18-14/h3,5,11,15,17H,2,4,6-10H2,1H3,(H,18,20). The predicted molar refractivity (Wildman–Crippen MR) is 80.9 cm³/mol. The van der Waals surface area contributed by atoms with Gasteiger partial charge in [-0.1, -0.05) is 19.1 Å². The zero-order chi connectivity index (χ0) is 13.9. The van der Waals surface area contributed by atoms with Gasteiger partial charge in [0.15, 0.2) is 0 Å². The lowest BCUT2D eigenvalue weighted by molar-refractivity contribution is -0.116. The molecule has 1 amide bonds. The van der Waals surface area contributed by atoms with E-state index < -0.39 is 0 Å². The van der Waals surface area contributed by atoms with Crippen LogP contribution < -0.4 is 10.6 Å². The number of rotatable bonds is 3. The highest BCUT2D eigenvalue weighted by Gasteiger charge is 2.22. The fraction of sp³-hybridized carbons (Fsp3) is 0.562. The number of aryl methyl sites for hydroxylation is 1. The van der Waals surface area contributed by atoms with Crippen molar-refractivity contribution in [2.24, 2.45) is 0 Å². The third-order valence-electron chi connectivity index (χ3n) is 4.39. The summed E-state index contributed by atoms with van der Waals surface area (Å²) >= 11 is 0. The van der Waals surface area contributed by atoms with Gasteiger partial charge >= 0.3 is 0 Å². The van der Waals surface area contributed by atoms with Crippen molar-refractivity contribution >= 4 is 11.6 Å². The first-order chi connectivity index (χ1) is 9.78. The molecule has 1 aromatic carbocycles. The maximum Gasteiger partial charge on any atom is 0.224 e. The van der Waals surface area contributed by atoms with Crippen molar-refractivity contribution in [1.29, 1.82) is 0 Å². The molecule has 0 radical (unpaired) electrons. The summed E-state index contributed by atoms with van der Waals surface area (Å²) in [5.74, 6) is 0.138. The normalized spacial score (nSPS) is 21.1. The predicted octanol–water partition coefficient (Wildman–Crippen LogP) is 1.93. The molecule has 4 heteroatoms. The quantitative estimate of drug-likeness (QED) is 0.884. The Hall–Kier alpha value is -1.39. The second kappa shape index (κ2) is 5.94. The summed E-state index contributed by atoms with van der Waals surface area (Å²) in [5.41, 5.74) is 3.68. The zero-order valence-corrected chi connectivity index (χ0v) is 12.1. The minimum atomic E-state index is 0.138. The SMILES string of the molecule is CCC(c1ccc2c(c1)CCC(=O)N2)N1CCNCC1. The van der Waals surface area contributed by atoms with Crippen LogP contribution in [0.1, 0.15) is 36.9 Å². The maximum atomic E-state index is 11.4. The van der Waals surface area contributed by atoms with E-state index in [9.17, 15) is 4.79 Å². The molecule has 4 nitrogen and oxygen atoms in total. The third-order valence-corrected chi connectivity index (χ3v) is 4.39. The van der Waals surface area contributed by atoms with Gasteiger partial charge in [0.05, 0.1) is 0 Å². The van der Waals surface area contributed by atoms with E-state index in [1.54, 1.807) is 0 Å². The van der Waals surface area contributed by atoms with Gasteiger partial charge in [0.25, 0.3) is 0 Å². The fourth-order valence-corrected chi connectivity index (χ4v) is 3.31. The molecular weight excluding hydrogens is 250 g/mol. The van der Waals surface area contributed by atoms with E-state index in [4.69, 9.17) is 0 Å². The molecule has 20 heavy (non-hydrogen) atoms. The third kappa shape index (κ3) is 2.72. The van der Waals surface area contributed by atoms with Crippen LogP contribution in [0.3, 0.4) is 0 Å². The Bertz CT molecular complexity index is 494. The van der Waals surface area contributed by atoms with Crippen LogP contribution in [0.15, 0.2) is 18.2 Å². The number of carbonyl (C=O) groups is 1. The van der Waals surface area contributed by atoms with E-state index in [0.29, 0.717) is 12.5 Å². The molecule has 0 aromatic heterocycles. The largest absolute Gasteiger partial charge is 0.326 e. The monoisotopic (exact) mass is 273 g/mol. The first kappa shape index (κ1) is 13.6. The van der Waals surface area contributed by atoms with E-state index in [0.717, 1.165) is 44.7 Å². The highest BCUT2D eigenvalue weighted by molar-refractivity contribution is 5.93. The van der Waals surface area contributed by atoms with Crippen LogP contribution in [0.25, 0.3) is 0 Å². The van der Waals surface area contributed by atoms with Crippen LogP contribution in [0, 0.1) is 0 Å². The molecule has 2 aliphatic rings. The second-order valence-corrected chi connectivity index (χ2v) is 5.67. The van der Waals surface area contributed by atoms with Gasteiger partial charge in [0.1, 0.15) is 0 Å². The Labute approximate surface area is 120 Å². The summed E-state index contributed by atoms with van der Waals surface area (Å²) in [6.45, 7) is 6.65. The average molecular weight is 273 g/mol. The molecule has 1 aromatic rings. The van der Waals surface area contributed by atoms with Crippen molar-refractivity contribution in [2.45, 2.75) is 32.2 Å². The van der Waals surface area contributed by atoms with Gasteiger partial charge in [-0.2, -0.15) is 0 Å². The molecule has 2 heterocycles. The topological polar surface area (TPSA) is 44.4 Å². The van der Waals surface area contributed by atoms with Gasteiger partial charge < -0.3 is 10.6 Å². The van der Waals surface area contributed by atoms with E-state index in [1.165, 1.54) is 11.1 Å². The number of carbonyl (C=O) groups excluding carboxylic acids is 1. The molecule has 0 spiro atoms. The van der Waals surface area contributed by atoms with E-state index in [2.05, 4.69) is 40.7 Å². The molecule has 1 saturated heterocycles. The van der Waals surface area contributed by atoms with Crippen molar-refractivity contribution in [3.8, 4) is 0 Å². The molecule has 0 bridgehead atoms. The number of nitrogens with one attached hydrogen (secondary N) is 2. The Morgan fingerprint density at radius 1 is 1.25 bits per heavy atom.